The zero-order valence-corrected chi connectivity index (χ0v) is 57.7. The largest absolute Gasteiger partial charge is 1.00 e. The Morgan fingerprint density at radius 3 is 1.43 bits per heavy atom. The number of carboxylic acids is 1. The van der Waals surface area contributed by atoms with Gasteiger partial charge in [-0.05, 0) is 89.9 Å². The van der Waals surface area contributed by atoms with Crippen molar-refractivity contribution in [2.24, 2.45) is 27.6 Å². The van der Waals surface area contributed by atoms with Crippen molar-refractivity contribution in [2.45, 2.75) is 161 Å². The maximum atomic E-state index is 11.6. The van der Waals surface area contributed by atoms with Gasteiger partial charge in [0.25, 0.3) is 40.5 Å². The van der Waals surface area contributed by atoms with E-state index in [4.69, 9.17) is 40.0 Å². The minimum atomic E-state index is -4.18. The van der Waals surface area contributed by atoms with E-state index < -0.39 is 91.6 Å². The number of halogens is 1. The summed E-state index contributed by atoms with van der Waals surface area (Å²) < 4.78 is 126. The monoisotopic (exact) mass is 1280 g/mol. The van der Waals surface area contributed by atoms with Gasteiger partial charge in [-0.2, -0.15) is 33.7 Å². The normalized spacial score (nSPS) is 15.0. The number of aliphatic carboxylic acids is 1. The van der Waals surface area contributed by atoms with E-state index in [1.165, 1.54) is 13.8 Å². The molecule has 0 aliphatic carbocycles. The Hall–Kier alpha value is -1.62. The Morgan fingerprint density at radius 1 is 0.738 bits per heavy atom. The molecule has 0 aromatic carbocycles. The molecule has 0 unspecified atom stereocenters. The molecule has 0 atom stereocenters. The van der Waals surface area contributed by atoms with Gasteiger partial charge in [0.05, 0.1) is 61.5 Å². The number of hydrogen-bond donors (Lipinski definition) is 2. The second-order valence-electron chi connectivity index (χ2n) is 20.1. The van der Waals surface area contributed by atoms with Gasteiger partial charge in [0, 0.05) is 55.3 Å². The molecular weight excluding hydrogens is 1190 g/mol. The summed E-state index contributed by atoms with van der Waals surface area (Å²) >= 11 is 4.86. The smallest absolute Gasteiger partial charge is 0.855 e. The molecule has 26 nitrogen and oxygen atoms in total. The minimum absolute atomic E-state index is 0. The van der Waals surface area contributed by atoms with Gasteiger partial charge >= 0.3 is 94.4 Å². The fraction of sp³-hybridized carbons (Fsp3) is 0.851. The number of carbonyl (C=O) groups excluding carboxylic acids is 7. The summed E-state index contributed by atoms with van der Waals surface area (Å²) in [6, 6.07) is 0. The van der Waals surface area contributed by atoms with Crippen molar-refractivity contribution in [1.29, 1.82) is 0 Å². The number of esters is 5. The summed E-state index contributed by atoms with van der Waals surface area (Å²) in [4.78, 5) is 74.9. The van der Waals surface area contributed by atoms with Gasteiger partial charge in [0.15, 0.2) is 0 Å². The van der Waals surface area contributed by atoms with Crippen LogP contribution in [0.25, 0.3) is 0 Å². The quantitative estimate of drug-likeness (QED) is 0.0208. The van der Waals surface area contributed by atoms with Crippen LogP contribution in [-0.2, 0) is 101 Å². The summed E-state index contributed by atoms with van der Waals surface area (Å²) in [7, 11) is -15.6. The molecule has 0 spiro atoms. The zero-order chi connectivity index (χ0) is 62.4. The topological polar surface area (TPSA) is 407 Å². The van der Waals surface area contributed by atoms with E-state index in [1.54, 1.807) is 55.4 Å². The van der Waals surface area contributed by atoms with Crippen LogP contribution in [0.3, 0.4) is 0 Å². The molecule has 2 aliphatic heterocycles. The number of carboxylic acid groups (broad SMARTS) is 1. The van der Waals surface area contributed by atoms with Crippen LogP contribution >= 0.6 is 11.6 Å². The average molecular weight is 1280 g/mol. The molecular formula is C47H87ClNa2O26S4. The Kier molecular flexibility index (Phi) is 53.7. The van der Waals surface area contributed by atoms with Crippen molar-refractivity contribution in [3.05, 3.63) is 0 Å². The first kappa shape index (κ1) is 92.1. The third-order valence-electron chi connectivity index (χ3n) is 9.53. The van der Waals surface area contributed by atoms with Crippen LogP contribution in [0.2, 0.25) is 0 Å². The molecule has 0 bridgehead atoms. The van der Waals surface area contributed by atoms with E-state index in [1.807, 2.05) is 27.7 Å². The SMILES string of the molecule is CC(C)COC(=O)Cl.CC1(C)CCC(=O)OC1=O.CCOC(=O)CCC(C)(C)C(=O)[O-].CCOC(=O)CCC(C)(C)CO.CCOC(=O)CCC(C)(C)COS(=O)(=O)CCCS(=O)(=O)O.CC[O-].O=S1(=O)CCCS(=O)(=O)O1.[Na+].[Na+]. The molecule has 0 radical (unpaired) electrons. The molecule has 2 fully saturated rings. The van der Waals surface area contributed by atoms with Crippen LogP contribution < -0.4 is 69.3 Å². The number of aliphatic hydroxyl groups is 1. The molecule has 2 N–H and O–H groups in total. The molecule has 2 aliphatic rings. The molecule has 0 amide bonds. The summed E-state index contributed by atoms with van der Waals surface area (Å²) in [6.45, 7) is 26.0. The van der Waals surface area contributed by atoms with Crippen LogP contribution in [0.4, 0.5) is 4.79 Å². The van der Waals surface area contributed by atoms with Crippen molar-refractivity contribution in [2.75, 3.05) is 69.3 Å². The summed E-state index contributed by atoms with van der Waals surface area (Å²) in [5, 5.41) is 28.3. The first-order valence-corrected chi connectivity index (χ1v) is 31.4. The van der Waals surface area contributed by atoms with Gasteiger partial charge in [-0.1, -0.05) is 62.3 Å². The number of rotatable bonds is 23. The van der Waals surface area contributed by atoms with Gasteiger partial charge in [-0.25, -0.2) is 4.79 Å². The van der Waals surface area contributed by atoms with Crippen molar-refractivity contribution < 1.29 is 178 Å². The number of carbonyl (C=O) groups is 7. The van der Waals surface area contributed by atoms with Crippen molar-refractivity contribution >= 4 is 93.3 Å². The molecule has 2 rings (SSSR count). The number of hydrogen-bond acceptors (Lipinski definition) is 25. The van der Waals surface area contributed by atoms with Gasteiger partial charge < -0.3 is 43.8 Å². The van der Waals surface area contributed by atoms with Crippen molar-refractivity contribution in [3.63, 3.8) is 0 Å². The number of ether oxygens (including phenoxy) is 5. The van der Waals surface area contributed by atoms with Gasteiger partial charge in [0.1, 0.15) is 0 Å². The van der Waals surface area contributed by atoms with Gasteiger partial charge in [0.2, 0.25) is 0 Å². The van der Waals surface area contributed by atoms with Gasteiger partial charge in [-0.3, -0.25) is 32.7 Å². The van der Waals surface area contributed by atoms with E-state index in [0.29, 0.717) is 57.8 Å². The van der Waals surface area contributed by atoms with Crippen LogP contribution in [0.1, 0.15) is 161 Å². The van der Waals surface area contributed by atoms with E-state index in [0.717, 1.165) is 0 Å². The maximum Gasteiger partial charge on any atom is 1.00 e. The van der Waals surface area contributed by atoms with Crippen LogP contribution in [0.5, 0.6) is 0 Å². The average Bonchev–Trinajstić information content (AvgIpc) is 3.28. The summed E-state index contributed by atoms with van der Waals surface area (Å²) in [6.07, 6.45) is 2.82. The number of aliphatic hydroxyl groups excluding tert-OH is 1. The van der Waals surface area contributed by atoms with Crippen molar-refractivity contribution in [1.82, 2.24) is 0 Å². The fourth-order valence-corrected chi connectivity index (χ4v) is 9.51. The van der Waals surface area contributed by atoms with E-state index in [9.17, 15) is 72.3 Å². The molecule has 2 saturated heterocycles. The summed E-state index contributed by atoms with van der Waals surface area (Å²) in [5.41, 5.74) is -2.88. The molecule has 0 aromatic rings. The van der Waals surface area contributed by atoms with E-state index >= 15 is 0 Å². The predicted octanol–water partition coefficient (Wildman–Crippen LogP) is -2.23. The third kappa shape index (κ3) is 61.0. The second kappa shape index (κ2) is 46.6. The first-order chi connectivity index (χ1) is 35.3. The molecule has 2 heterocycles. The molecule has 80 heavy (non-hydrogen) atoms. The second-order valence-corrected chi connectivity index (χ2v) is 27.3. The number of cyclic esters (lactones) is 2. The van der Waals surface area contributed by atoms with Crippen LogP contribution in [0.15, 0.2) is 0 Å². The minimum Gasteiger partial charge on any atom is -0.855 e. The molecule has 33 heteroatoms. The Labute approximate surface area is 524 Å². The summed E-state index contributed by atoms with van der Waals surface area (Å²) in [5.74, 6) is -4.02. The zero-order valence-electron chi connectivity index (χ0n) is 49.6. The van der Waals surface area contributed by atoms with Crippen molar-refractivity contribution in [3.8, 4) is 0 Å². The first-order valence-electron chi connectivity index (χ1n) is 24.7. The van der Waals surface area contributed by atoms with Gasteiger partial charge in [-0.15, -0.1) is 10.2 Å². The van der Waals surface area contributed by atoms with Crippen LogP contribution in [-0.4, -0.2) is 154 Å². The third-order valence-corrected chi connectivity index (χ3v) is 14.9. The predicted molar refractivity (Wildman–Crippen MR) is 282 cm³/mol. The van der Waals surface area contributed by atoms with E-state index in [2.05, 4.69) is 17.8 Å². The Bertz CT molecular complexity index is 2220. The van der Waals surface area contributed by atoms with Crippen LogP contribution in [0, 0.1) is 27.6 Å². The molecule has 0 aromatic heterocycles. The Balaban J connectivity index is -0.000000162. The maximum absolute atomic E-state index is 11.6. The van der Waals surface area contributed by atoms with E-state index in [-0.39, 0.29) is 152 Å². The standard InChI is InChI=1S/C12H24O8S2.C9H16O4.C9H18O3.C7H10O3.C5H9ClO2.C3H6O5S2.C2H5O.2Na/c1-4-19-11(13)6-7-12(2,3)10-20-22(17,18)9-5-8-21(14,15)16;1-4-13-7(10)5-6-9(2,3)8(11)12;1-4-12-8(11)5-6-9(2,3)7-10;1-7(2)4-3-5(8)10-6(7)9;1-4(2)3-8-5(6)7;4-9(5)2-1-3-10(6,7)8-9;1-2-3;;/h4-10H2,1-3H3,(H,14,15,16);4-6H2,1-3H3,(H,11,12);10H,4-7H2,1-3H3;3-4H2,1-2H3;4H,3H2,1-2H3;1-3H2;2H2,1H3;;/q;;;;;;-1;2*+1/p-1. The fourth-order valence-electron chi connectivity index (χ4n) is 4.65. The molecule has 0 saturated carbocycles. The molecule has 464 valence electrons. The Morgan fingerprint density at radius 2 is 1.14 bits per heavy atom.